The molecule has 0 spiro atoms. The lowest BCUT2D eigenvalue weighted by molar-refractivity contribution is 0.110. The van der Waals surface area contributed by atoms with Crippen molar-refractivity contribution < 1.29 is 9.21 Å². The predicted molar refractivity (Wildman–Crippen MR) is 64.1 cm³/mol. The van der Waals surface area contributed by atoms with E-state index in [2.05, 4.69) is 0 Å². The number of halogens is 1. The molecule has 2 nitrogen and oxygen atoms in total. The van der Waals surface area contributed by atoms with Crippen LogP contribution in [0.2, 0.25) is 5.02 Å². The molecule has 0 fully saturated rings. The van der Waals surface area contributed by atoms with Gasteiger partial charge in [-0.05, 0) is 12.1 Å². The molecule has 0 aliphatic rings. The maximum absolute atomic E-state index is 10.7. The average molecular weight is 231 g/mol. The molecule has 0 N–H and O–H groups in total. The fourth-order valence-corrected chi connectivity index (χ4v) is 2.19. The van der Waals surface area contributed by atoms with Crippen molar-refractivity contribution in [1.82, 2.24) is 0 Å². The van der Waals surface area contributed by atoms with E-state index in [4.69, 9.17) is 16.0 Å². The van der Waals surface area contributed by atoms with Crippen LogP contribution in [0.25, 0.3) is 21.7 Å². The summed E-state index contributed by atoms with van der Waals surface area (Å²) in [6.45, 7) is 0. The molecule has 0 saturated heterocycles. The molecule has 3 aromatic rings. The quantitative estimate of drug-likeness (QED) is 0.591. The number of carbonyl (C=O) groups is 1. The van der Waals surface area contributed by atoms with Crippen LogP contribution in [-0.2, 0) is 0 Å². The Bertz CT molecular complexity index is 698. The fourth-order valence-electron chi connectivity index (χ4n) is 1.90. The molecule has 0 aliphatic heterocycles. The standard InChI is InChI=1S/C13H7ClO2/c14-12-6-8-5-9(7-15)16-13(8)11-4-2-1-3-10(11)12/h1-7H. The highest BCUT2D eigenvalue weighted by atomic mass is 35.5. The minimum Gasteiger partial charge on any atom is -0.453 e. The Labute approximate surface area is 96.4 Å². The molecule has 0 radical (unpaired) electrons. The molecule has 0 atom stereocenters. The maximum atomic E-state index is 10.7. The number of furan rings is 1. The Hall–Kier alpha value is -1.80. The number of hydrogen-bond acceptors (Lipinski definition) is 2. The van der Waals surface area contributed by atoms with Gasteiger partial charge in [0.05, 0.1) is 0 Å². The highest BCUT2D eigenvalue weighted by Crippen LogP contribution is 2.32. The second-order valence-electron chi connectivity index (χ2n) is 3.59. The largest absolute Gasteiger partial charge is 0.453 e. The fraction of sp³-hybridized carbons (Fsp3) is 0. The number of rotatable bonds is 1. The van der Waals surface area contributed by atoms with Crippen LogP contribution in [0.4, 0.5) is 0 Å². The molecule has 3 rings (SSSR count). The van der Waals surface area contributed by atoms with Gasteiger partial charge in [-0.1, -0.05) is 35.9 Å². The molecular formula is C13H7ClO2. The summed E-state index contributed by atoms with van der Waals surface area (Å²) in [5.41, 5.74) is 0.710. The van der Waals surface area contributed by atoms with E-state index in [9.17, 15) is 4.79 Å². The van der Waals surface area contributed by atoms with Crippen molar-refractivity contribution >= 4 is 39.6 Å². The third kappa shape index (κ3) is 1.24. The van der Waals surface area contributed by atoms with E-state index < -0.39 is 0 Å². The van der Waals surface area contributed by atoms with Crippen molar-refractivity contribution in [3.63, 3.8) is 0 Å². The first-order valence-electron chi connectivity index (χ1n) is 4.85. The van der Waals surface area contributed by atoms with E-state index in [-0.39, 0.29) is 0 Å². The third-order valence-corrected chi connectivity index (χ3v) is 2.92. The van der Waals surface area contributed by atoms with Crippen LogP contribution in [0.3, 0.4) is 0 Å². The van der Waals surface area contributed by atoms with Gasteiger partial charge in [0.2, 0.25) is 0 Å². The number of fused-ring (bicyclic) bond motifs is 3. The highest BCUT2D eigenvalue weighted by molar-refractivity contribution is 6.37. The third-order valence-electron chi connectivity index (χ3n) is 2.61. The van der Waals surface area contributed by atoms with Gasteiger partial charge in [0.25, 0.3) is 0 Å². The van der Waals surface area contributed by atoms with Gasteiger partial charge in [0.1, 0.15) is 5.58 Å². The van der Waals surface area contributed by atoms with E-state index in [1.165, 1.54) is 0 Å². The molecule has 0 saturated carbocycles. The average Bonchev–Trinajstić information content (AvgIpc) is 2.72. The molecule has 1 heterocycles. The Morgan fingerprint density at radius 1 is 1.12 bits per heavy atom. The second kappa shape index (κ2) is 3.35. The van der Waals surface area contributed by atoms with E-state index in [0.717, 1.165) is 16.2 Å². The summed E-state index contributed by atoms with van der Waals surface area (Å²) in [5.74, 6) is 0.322. The Kier molecular flexibility index (Phi) is 1.98. The lowest BCUT2D eigenvalue weighted by atomic mass is 10.1. The molecule has 16 heavy (non-hydrogen) atoms. The van der Waals surface area contributed by atoms with E-state index in [0.29, 0.717) is 22.7 Å². The maximum Gasteiger partial charge on any atom is 0.185 e. The SMILES string of the molecule is O=Cc1cc2cc(Cl)c3ccccc3c2o1. The second-order valence-corrected chi connectivity index (χ2v) is 4.00. The normalized spacial score (nSPS) is 11.1. The molecule has 1 aromatic heterocycles. The summed E-state index contributed by atoms with van der Waals surface area (Å²) >= 11 is 6.16. The van der Waals surface area contributed by atoms with Crippen LogP contribution in [-0.4, -0.2) is 6.29 Å². The van der Waals surface area contributed by atoms with Gasteiger partial charge in [0.15, 0.2) is 12.0 Å². The van der Waals surface area contributed by atoms with Crippen molar-refractivity contribution in [2.75, 3.05) is 0 Å². The van der Waals surface area contributed by atoms with Crippen molar-refractivity contribution in [3.05, 3.63) is 47.2 Å². The molecule has 3 heteroatoms. The minimum atomic E-state index is 0.322. The zero-order chi connectivity index (χ0) is 11.1. The Morgan fingerprint density at radius 3 is 2.62 bits per heavy atom. The molecular weight excluding hydrogens is 224 g/mol. The predicted octanol–water partition coefficient (Wildman–Crippen LogP) is 4.05. The van der Waals surface area contributed by atoms with Crippen LogP contribution in [0, 0.1) is 0 Å². The Morgan fingerprint density at radius 2 is 1.88 bits per heavy atom. The van der Waals surface area contributed by atoms with Crippen LogP contribution in [0.15, 0.2) is 40.8 Å². The lowest BCUT2D eigenvalue weighted by Crippen LogP contribution is -1.74. The number of hydrogen-bond donors (Lipinski definition) is 0. The number of aldehydes is 1. The van der Waals surface area contributed by atoms with Crippen molar-refractivity contribution in [2.24, 2.45) is 0 Å². The zero-order valence-electron chi connectivity index (χ0n) is 8.24. The summed E-state index contributed by atoms with van der Waals surface area (Å²) < 4.78 is 5.46. The monoisotopic (exact) mass is 230 g/mol. The first kappa shape index (κ1) is 9.43. The van der Waals surface area contributed by atoms with Crippen LogP contribution < -0.4 is 0 Å². The minimum absolute atomic E-state index is 0.322. The first-order chi connectivity index (χ1) is 7.79. The Balaban J connectivity index is 2.56. The van der Waals surface area contributed by atoms with Gasteiger partial charge in [-0.15, -0.1) is 0 Å². The molecule has 0 amide bonds. The van der Waals surface area contributed by atoms with Crippen molar-refractivity contribution in [1.29, 1.82) is 0 Å². The van der Waals surface area contributed by atoms with Gasteiger partial charge < -0.3 is 4.42 Å². The molecule has 0 bridgehead atoms. The topological polar surface area (TPSA) is 30.2 Å². The van der Waals surface area contributed by atoms with Crippen molar-refractivity contribution in [3.8, 4) is 0 Å². The van der Waals surface area contributed by atoms with Gasteiger partial charge in [0, 0.05) is 21.2 Å². The molecule has 0 aliphatic carbocycles. The van der Waals surface area contributed by atoms with Gasteiger partial charge in [-0.3, -0.25) is 4.79 Å². The summed E-state index contributed by atoms with van der Waals surface area (Å²) in [6, 6.07) is 11.2. The van der Waals surface area contributed by atoms with Gasteiger partial charge in [-0.2, -0.15) is 0 Å². The summed E-state index contributed by atoms with van der Waals surface area (Å²) in [4.78, 5) is 10.7. The molecule has 78 valence electrons. The molecule has 0 unspecified atom stereocenters. The first-order valence-corrected chi connectivity index (χ1v) is 5.23. The lowest BCUT2D eigenvalue weighted by Gasteiger charge is -2.00. The van der Waals surface area contributed by atoms with Gasteiger partial charge >= 0.3 is 0 Å². The summed E-state index contributed by atoms with van der Waals surface area (Å²) in [5, 5.41) is 3.38. The zero-order valence-corrected chi connectivity index (χ0v) is 8.99. The molecule has 2 aromatic carbocycles. The highest BCUT2D eigenvalue weighted by Gasteiger charge is 2.09. The van der Waals surface area contributed by atoms with Crippen LogP contribution in [0.1, 0.15) is 10.6 Å². The smallest absolute Gasteiger partial charge is 0.185 e. The summed E-state index contributed by atoms with van der Waals surface area (Å²) in [6.07, 6.45) is 0.697. The van der Waals surface area contributed by atoms with Gasteiger partial charge in [-0.25, -0.2) is 0 Å². The van der Waals surface area contributed by atoms with E-state index in [1.807, 2.05) is 30.3 Å². The van der Waals surface area contributed by atoms with Crippen LogP contribution in [0.5, 0.6) is 0 Å². The van der Waals surface area contributed by atoms with E-state index >= 15 is 0 Å². The number of carbonyl (C=O) groups excluding carboxylic acids is 1. The number of benzene rings is 2. The van der Waals surface area contributed by atoms with E-state index in [1.54, 1.807) is 6.07 Å². The van der Waals surface area contributed by atoms with Crippen LogP contribution >= 0.6 is 11.6 Å². The van der Waals surface area contributed by atoms with Crippen molar-refractivity contribution in [2.45, 2.75) is 0 Å². The summed E-state index contributed by atoms with van der Waals surface area (Å²) in [7, 11) is 0.